The van der Waals surface area contributed by atoms with Gasteiger partial charge in [-0.15, -0.1) is 0 Å². The molecular formula is C17H19NO2. The Morgan fingerprint density at radius 2 is 1.75 bits per heavy atom. The minimum atomic E-state index is -0.846. The van der Waals surface area contributed by atoms with Crippen molar-refractivity contribution in [3.63, 3.8) is 0 Å². The third kappa shape index (κ3) is 3.45. The molecule has 0 fully saturated rings. The summed E-state index contributed by atoms with van der Waals surface area (Å²) in [7, 11) is 0. The molecule has 0 bridgehead atoms. The fraction of sp³-hybridized carbons (Fsp3) is 0.235. The van der Waals surface area contributed by atoms with Gasteiger partial charge in [-0.05, 0) is 23.1 Å². The number of aliphatic carboxylic acids is 1. The van der Waals surface area contributed by atoms with Crippen molar-refractivity contribution in [2.45, 2.75) is 25.9 Å². The molecule has 1 atom stereocenters. The zero-order chi connectivity index (χ0) is 14.4. The van der Waals surface area contributed by atoms with E-state index in [4.69, 9.17) is 0 Å². The molecule has 2 rings (SSSR count). The Morgan fingerprint density at radius 1 is 1.10 bits per heavy atom. The van der Waals surface area contributed by atoms with Crippen molar-refractivity contribution in [1.82, 2.24) is 5.32 Å². The molecule has 20 heavy (non-hydrogen) atoms. The van der Waals surface area contributed by atoms with E-state index in [2.05, 4.69) is 5.32 Å². The first kappa shape index (κ1) is 14.3. The summed E-state index contributed by atoms with van der Waals surface area (Å²) >= 11 is 0. The van der Waals surface area contributed by atoms with Crippen LogP contribution in [0, 0.1) is 0 Å². The molecule has 0 aliphatic rings. The molecule has 3 nitrogen and oxygen atoms in total. The van der Waals surface area contributed by atoms with Gasteiger partial charge in [-0.1, -0.05) is 61.5 Å². The number of carboxylic acid groups (broad SMARTS) is 1. The molecule has 2 N–H and O–H groups in total. The number of carboxylic acids is 1. The lowest BCUT2D eigenvalue weighted by Gasteiger charge is -2.18. The molecule has 104 valence electrons. The summed E-state index contributed by atoms with van der Waals surface area (Å²) in [6.45, 7) is 2.57. The Kier molecular flexibility index (Phi) is 4.91. The molecular weight excluding hydrogens is 250 g/mol. The van der Waals surface area contributed by atoms with E-state index in [0.29, 0.717) is 6.54 Å². The second-order valence-electron chi connectivity index (χ2n) is 4.69. The molecule has 0 saturated carbocycles. The predicted molar refractivity (Wildman–Crippen MR) is 79.5 cm³/mol. The van der Waals surface area contributed by atoms with Crippen LogP contribution in [0.5, 0.6) is 0 Å². The van der Waals surface area contributed by atoms with Crippen molar-refractivity contribution in [2.24, 2.45) is 0 Å². The van der Waals surface area contributed by atoms with Gasteiger partial charge in [-0.25, -0.2) is 0 Å². The quantitative estimate of drug-likeness (QED) is 0.847. The van der Waals surface area contributed by atoms with E-state index < -0.39 is 12.0 Å². The summed E-state index contributed by atoms with van der Waals surface area (Å²) in [4.78, 5) is 11.5. The van der Waals surface area contributed by atoms with Gasteiger partial charge in [0.15, 0.2) is 0 Å². The first-order chi connectivity index (χ1) is 9.72. The van der Waals surface area contributed by atoms with Gasteiger partial charge in [-0.3, -0.25) is 10.1 Å². The minimum absolute atomic E-state index is 0.538. The maximum Gasteiger partial charge on any atom is 0.325 e. The third-order valence-electron chi connectivity index (χ3n) is 3.35. The third-order valence-corrected chi connectivity index (χ3v) is 3.35. The van der Waals surface area contributed by atoms with Gasteiger partial charge in [0.25, 0.3) is 0 Å². The first-order valence-corrected chi connectivity index (χ1v) is 6.80. The topological polar surface area (TPSA) is 49.3 Å². The van der Waals surface area contributed by atoms with E-state index >= 15 is 0 Å². The Morgan fingerprint density at radius 3 is 2.40 bits per heavy atom. The van der Waals surface area contributed by atoms with E-state index in [1.807, 2.05) is 61.5 Å². The SMILES string of the molecule is CCc1ccccc1C(NCc1ccccc1)C(=O)O. The summed E-state index contributed by atoms with van der Waals surface area (Å²) in [5.41, 5.74) is 2.99. The van der Waals surface area contributed by atoms with Gasteiger partial charge in [0.05, 0.1) is 0 Å². The first-order valence-electron chi connectivity index (χ1n) is 6.80. The number of hydrogen-bond acceptors (Lipinski definition) is 2. The highest BCUT2D eigenvalue weighted by Crippen LogP contribution is 2.19. The zero-order valence-corrected chi connectivity index (χ0v) is 11.5. The van der Waals surface area contributed by atoms with Gasteiger partial charge in [0.1, 0.15) is 6.04 Å². The molecule has 0 saturated heterocycles. The summed E-state index contributed by atoms with van der Waals surface area (Å²) < 4.78 is 0. The second-order valence-corrected chi connectivity index (χ2v) is 4.69. The van der Waals surface area contributed by atoms with Gasteiger partial charge < -0.3 is 5.11 Å². The molecule has 3 heteroatoms. The van der Waals surface area contributed by atoms with E-state index in [1.54, 1.807) is 0 Å². The van der Waals surface area contributed by atoms with Crippen LogP contribution < -0.4 is 5.32 Å². The molecule has 0 heterocycles. The predicted octanol–water partition coefficient (Wildman–Crippen LogP) is 3.16. The molecule has 1 unspecified atom stereocenters. The van der Waals surface area contributed by atoms with Crippen LogP contribution in [0.15, 0.2) is 54.6 Å². The molecule has 2 aromatic rings. The van der Waals surface area contributed by atoms with Crippen molar-refractivity contribution in [2.75, 3.05) is 0 Å². The number of hydrogen-bond donors (Lipinski definition) is 2. The summed E-state index contributed by atoms with van der Waals surface area (Å²) in [6.07, 6.45) is 0.826. The van der Waals surface area contributed by atoms with Crippen molar-refractivity contribution in [1.29, 1.82) is 0 Å². The van der Waals surface area contributed by atoms with E-state index in [-0.39, 0.29) is 0 Å². The van der Waals surface area contributed by atoms with Gasteiger partial charge in [0, 0.05) is 6.54 Å². The number of benzene rings is 2. The van der Waals surface area contributed by atoms with Crippen LogP contribution in [-0.4, -0.2) is 11.1 Å². The fourth-order valence-corrected chi connectivity index (χ4v) is 2.28. The molecule has 0 radical (unpaired) electrons. The lowest BCUT2D eigenvalue weighted by molar-refractivity contribution is -0.139. The molecule has 0 amide bonds. The van der Waals surface area contributed by atoms with Crippen LogP contribution in [0.1, 0.15) is 29.7 Å². The minimum Gasteiger partial charge on any atom is -0.480 e. The average Bonchev–Trinajstić information content (AvgIpc) is 2.48. The summed E-state index contributed by atoms with van der Waals surface area (Å²) in [6, 6.07) is 16.8. The monoisotopic (exact) mass is 269 g/mol. The average molecular weight is 269 g/mol. The highest BCUT2D eigenvalue weighted by Gasteiger charge is 2.21. The van der Waals surface area contributed by atoms with Crippen LogP contribution in [0.2, 0.25) is 0 Å². The Labute approximate surface area is 119 Å². The highest BCUT2D eigenvalue weighted by atomic mass is 16.4. The molecule has 0 aromatic heterocycles. The summed E-state index contributed by atoms with van der Waals surface area (Å²) in [5, 5.41) is 12.6. The van der Waals surface area contributed by atoms with Gasteiger partial charge in [-0.2, -0.15) is 0 Å². The largest absolute Gasteiger partial charge is 0.480 e. The van der Waals surface area contributed by atoms with Crippen LogP contribution in [-0.2, 0) is 17.8 Å². The maximum absolute atomic E-state index is 11.5. The van der Waals surface area contributed by atoms with E-state index in [9.17, 15) is 9.90 Å². The van der Waals surface area contributed by atoms with Crippen LogP contribution >= 0.6 is 0 Å². The van der Waals surface area contributed by atoms with Crippen molar-refractivity contribution >= 4 is 5.97 Å². The number of carbonyl (C=O) groups is 1. The number of nitrogens with one attached hydrogen (secondary N) is 1. The van der Waals surface area contributed by atoms with E-state index in [1.165, 1.54) is 0 Å². The fourth-order valence-electron chi connectivity index (χ4n) is 2.28. The lowest BCUT2D eigenvalue weighted by atomic mass is 9.98. The van der Waals surface area contributed by atoms with Gasteiger partial charge in [0.2, 0.25) is 0 Å². The molecule has 0 aliphatic heterocycles. The van der Waals surface area contributed by atoms with Crippen molar-refractivity contribution in [3.05, 3.63) is 71.3 Å². The van der Waals surface area contributed by atoms with Crippen molar-refractivity contribution in [3.8, 4) is 0 Å². The van der Waals surface area contributed by atoms with Crippen molar-refractivity contribution < 1.29 is 9.90 Å². The Balaban J connectivity index is 2.17. The Hall–Kier alpha value is -2.13. The Bertz CT molecular complexity index is 566. The van der Waals surface area contributed by atoms with Crippen LogP contribution in [0.3, 0.4) is 0 Å². The highest BCUT2D eigenvalue weighted by molar-refractivity contribution is 5.76. The zero-order valence-electron chi connectivity index (χ0n) is 11.5. The second kappa shape index (κ2) is 6.87. The molecule has 0 aliphatic carbocycles. The maximum atomic E-state index is 11.5. The molecule has 0 spiro atoms. The molecule has 2 aromatic carbocycles. The normalized spacial score (nSPS) is 12.1. The standard InChI is InChI=1S/C17H19NO2/c1-2-14-10-6-7-11-15(14)16(17(19)20)18-12-13-8-4-3-5-9-13/h3-11,16,18H,2,12H2,1H3,(H,19,20). The van der Waals surface area contributed by atoms with Crippen LogP contribution in [0.4, 0.5) is 0 Å². The van der Waals surface area contributed by atoms with Gasteiger partial charge >= 0.3 is 5.97 Å². The van der Waals surface area contributed by atoms with E-state index in [0.717, 1.165) is 23.1 Å². The summed E-state index contributed by atoms with van der Waals surface area (Å²) in [5.74, 6) is -0.846. The smallest absolute Gasteiger partial charge is 0.325 e. The number of rotatable bonds is 6. The van der Waals surface area contributed by atoms with Crippen LogP contribution in [0.25, 0.3) is 0 Å². The lowest BCUT2D eigenvalue weighted by Crippen LogP contribution is -2.29. The number of aryl methyl sites for hydroxylation is 1.